The van der Waals surface area contributed by atoms with Crippen molar-refractivity contribution in [3.63, 3.8) is 0 Å². The lowest BCUT2D eigenvalue weighted by molar-refractivity contribution is 0.102. The van der Waals surface area contributed by atoms with Gasteiger partial charge in [0, 0.05) is 38.8 Å². The number of benzene rings is 2. The monoisotopic (exact) mass is 491 g/mol. The van der Waals surface area contributed by atoms with E-state index in [2.05, 4.69) is 59.8 Å². The summed E-state index contributed by atoms with van der Waals surface area (Å²) in [6.45, 7) is 1.99. The van der Waals surface area contributed by atoms with Gasteiger partial charge in [-0.05, 0) is 42.3 Å². The molecule has 1 aromatic heterocycles. The third kappa shape index (κ3) is 4.34. The normalized spacial score (nSPS) is 11.8. The van der Waals surface area contributed by atoms with E-state index in [9.17, 15) is 4.79 Å². The summed E-state index contributed by atoms with van der Waals surface area (Å²) in [5.74, 6) is -0.186. The molecule has 0 aliphatic heterocycles. The molecule has 0 saturated heterocycles. The first-order chi connectivity index (χ1) is 12.5. The zero-order chi connectivity index (χ0) is 18.7. The van der Waals surface area contributed by atoms with Gasteiger partial charge in [-0.25, -0.2) is 0 Å². The van der Waals surface area contributed by atoms with Crippen LogP contribution in [0.25, 0.3) is 0 Å². The maximum absolute atomic E-state index is 12.6. The molecule has 0 radical (unpaired) electrons. The Morgan fingerprint density at radius 3 is 2.54 bits per heavy atom. The summed E-state index contributed by atoms with van der Waals surface area (Å²) in [6.07, 6.45) is 4.92. The highest BCUT2D eigenvalue weighted by Gasteiger charge is 2.14. The van der Waals surface area contributed by atoms with Crippen LogP contribution in [0.4, 0.5) is 5.69 Å². The minimum Gasteiger partial charge on any atom is -0.322 e. The van der Waals surface area contributed by atoms with E-state index in [1.165, 1.54) is 0 Å². The highest BCUT2D eigenvalue weighted by atomic mass is 79.9. The van der Waals surface area contributed by atoms with E-state index in [4.69, 9.17) is 0 Å². The summed E-state index contributed by atoms with van der Waals surface area (Å²) >= 11 is 11.6. The predicted molar refractivity (Wildman–Crippen MR) is 114 cm³/mol. The number of aromatic nitrogens is 2. The van der Waals surface area contributed by atoms with Gasteiger partial charge in [0.2, 0.25) is 0 Å². The van der Waals surface area contributed by atoms with E-state index < -0.39 is 0 Å². The Morgan fingerprint density at radius 2 is 1.88 bits per heavy atom. The second-order valence-electron chi connectivity index (χ2n) is 5.68. The van der Waals surface area contributed by atoms with E-state index in [0.717, 1.165) is 25.8 Å². The van der Waals surface area contributed by atoms with Gasteiger partial charge < -0.3 is 5.32 Å². The molecule has 3 aromatic rings. The predicted octanol–water partition coefficient (Wildman–Crippen LogP) is 5.58. The number of thiol groups is 1. The van der Waals surface area contributed by atoms with E-state index in [0.29, 0.717) is 11.3 Å². The molecule has 0 saturated carbocycles. The van der Waals surface area contributed by atoms with Gasteiger partial charge in [0.25, 0.3) is 5.91 Å². The number of nitrogens with one attached hydrogen (secondary N) is 1. The van der Waals surface area contributed by atoms with Crippen molar-refractivity contribution in [2.24, 2.45) is 0 Å². The van der Waals surface area contributed by atoms with Crippen LogP contribution >= 0.6 is 44.5 Å². The summed E-state index contributed by atoms with van der Waals surface area (Å²) in [5, 5.41) is 2.67. The van der Waals surface area contributed by atoms with Gasteiger partial charge in [-0.2, -0.15) is 12.6 Å². The summed E-state index contributed by atoms with van der Waals surface area (Å²) in [6, 6.07) is 11.1. The van der Waals surface area contributed by atoms with Gasteiger partial charge in [0.05, 0.1) is 10.9 Å². The minimum absolute atomic E-state index is 0.186. The molecule has 4 nitrogen and oxygen atoms in total. The summed E-state index contributed by atoms with van der Waals surface area (Å²) in [7, 11) is 0. The van der Waals surface area contributed by atoms with Gasteiger partial charge in [-0.1, -0.05) is 44.0 Å². The van der Waals surface area contributed by atoms with Crippen LogP contribution in [0.2, 0.25) is 0 Å². The highest BCUT2D eigenvalue weighted by Crippen LogP contribution is 2.30. The van der Waals surface area contributed by atoms with Crippen molar-refractivity contribution in [3.8, 4) is 0 Å². The van der Waals surface area contributed by atoms with Crippen LogP contribution in [0.3, 0.4) is 0 Å². The van der Waals surface area contributed by atoms with Crippen LogP contribution < -0.4 is 5.32 Å². The summed E-state index contributed by atoms with van der Waals surface area (Å²) in [5.41, 5.74) is 3.96. The van der Waals surface area contributed by atoms with Crippen molar-refractivity contribution in [1.29, 1.82) is 0 Å². The molecular weight excluding hydrogens is 478 g/mol. The molecule has 1 N–H and O–H groups in total. The lowest BCUT2D eigenvalue weighted by atomic mass is 10.1. The van der Waals surface area contributed by atoms with Crippen LogP contribution in [0.1, 0.15) is 32.4 Å². The molecule has 132 valence electrons. The lowest BCUT2D eigenvalue weighted by Crippen LogP contribution is -2.12. The Kier molecular flexibility index (Phi) is 6.11. The van der Waals surface area contributed by atoms with Crippen LogP contribution in [0.15, 0.2) is 63.9 Å². The van der Waals surface area contributed by atoms with E-state index in [1.54, 1.807) is 24.7 Å². The van der Waals surface area contributed by atoms with Crippen LogP contribution in [0.5, 0.6) is 0 Å². The van der Waals surface area contributed by atoms with Crippen molar-refractivity contribution in [1.82, 2.24) is 9.97 Å². The smallest absolute Gasteiger partial charge is 0.255 e. The van der Waals surface area contributed by atoms with Crippen LogP contribution in [-0.2, 0) is 0 Å². The maximum Gasteiger partial charge on any atom is 0.255 e. The van der Waals surface area contributed by atoms with Crippen LogP contribution in [0, 0.1) is 6.92 Å². The fourth-order valence-corrected chi connectivity index (χ4v) is 3.87. The number of carbonyl (C=O) groups excluding carboxylic acids is 1. The molecule has 0 bridgehead atoms. The number of halogens is 2. The second-order valence-corrected chi connectivity index (χ2v) is 7.90. The third-order valence-electron chi connectivity index (χ3n) is 3.87. The number of nitrogens with zero attached hydrogens (tertiary/aromatic N) is 2. The molecule has 0 aliphatic carbocycles. The van der Waals surface area contributed by atoms with E-state index in [1.807, 2.05) is 37.3 Å². The van der Waals surface area contributed by atoms with Crippen molar-refractivity contribution >= 4 is 56.1 Å². The van der Waals surface area contributed by atoms with Crippen molar-refractivity contribution < 1.29 is 4.79 Å². The molecule has 26 heavy (non-hydrogen) atoms. The largest absolute Gasteiger partial charge is 0.322 e. The fourth-order valence-electron chi connectivity index (χ4n) is 2.39. The molecule has 2 aromatic carbocycles. The molecule has 0 aliphatic rings. The average molecular weight is 493 g/mol. The molecule has 7 heteroatoms. The van der Waals surface area contributed by atoms with Gasteiger partial charge in [-0.3, -0.25) is 14.8 Å². The topological polar surface area (TPSA) is 54.9 Å². The molecule has 1 amide bonds. The average Bonchev–Trinajstić information content (AvgIpc) is 2.66. The zero-order valence-electron chi connectivity index (χ0n) is 13.8. The molecule has 1 heterocycles. The Labute approximate surface area is 174 Å². The van der Waals surface area contributed by atoms with E-state index >= 15 is 0 Å². The number of amides is 1. The fraction of sp³-hybridized carbons (Fsp3) is 0.105. The zero-order valence-corrected chi connectivity index (χ0v) is 17.8. The molecule has 0 spiro atoms. The Hall–Kier alpha value is -1.70. The molecule has 1 atom stereocenters. The highest BCUT2D eigenvalue weighted by molar-refractivity contribution is 9.11. The first-order valence-electron chi connectivity index (χ1n) is 7.76. The maximum atomic E-state index is 12.6. The van der Waals surface area contributed by atoms with E-state index in [-0.39, 0.29) is 11.2 Å². The Morgan fingerprint density at radius 1 is 1.15 bits per heavy atom. The first kappa shape index (κ1) is 19.1. The van der Waals surface area contributed by atoms with Gasteiger partial charge in [0.1, 0.15) is 0 Å². The Bertz CT molecular complexity index is 928. The quantitative estimate of drug-likeness (QED) is 0.467. The molecular formula is C19H15Br2N3OS. The van der Waals surface area contributed by atoms with Crippen molar-refractivity contribution in [2.75, 3.05) is 5.32 Å². The van der Waals surface area contributed by atoms with Gasteiger partial charge in [-0.15, -0.1) is 0 Å². The number of anilines is 1. The molecule has 0 fully saturated rings. The molecule has 1 unspecified atom stereocenters. The molecule has 3 rings (SSSR count). The SMILES string of the molecule is Cc1c(Br)cc(NC(=O)c2cccc(C(S)c3cnccn3)c2)cc1Br. The van der Waals surface area contributed by atoms with Gasteiger partial charge in [0.15, 0.2) is 0 Å². The summed E-state index contributed by atoms with van der Waals surface area (Å²) < 4.78 is 1.85. The standard InChI is InChI=1S/C19H15Br2N3OS/c1-11-15(20)8-14(9-16(11)21)24-19(25)13-4-2-3-12(7-13)18(26)17-10-22-5-6-23-17/h2-10,18,26H,1H3,(H,24,25). The third-order valence-corrected chi connectivity index (χ3v) is 6.08. The lowest BCUT2D eigenvalue weighted by Gasteiger charge is -2.12. The summed E-state index contributed by atoms with van der Waals surface area (Å²) in [4.78, 5) is 21.0. The van der Waals surface area contributed by atoms with Crippen LogP contribution in [-0.4, -0.2) is 15.9 Å². The van der Waals surface area contributed by atoms with Crippen molar-refractivity contribution in [2.45, 2.75) is 12.2 Å². The Balaban J connectivity index is 1.83. The number of hydrogen-bond acceptors (Lipinski definition) is 4. The van der Waals surface area contributed by atoms with Gasteiger partial charge >= 0.3 is 0 Å². The van der Waals surface area contributed by atoms with Crippen molar-refractivity contribution in [3.05, 3.63) is 86.3 Å². The minimum atomic E-state index is -0.251. The number of hydrogen-bond donors (Lipinski definition) is 2. The first-order valence-corrected chi connectivity index (χ1v) is 9.87. The number of carbonyl (C=O) groups is 1. The second kappa shape index (κ2) is 8.33. The number of rotatable bonds is 4.